The van der Waals surface area contributed by atoms with Crippen molar-refractivity contribution < 1.29 is 19.9 Å². The number of nitrogens with zero attached hydrogens (tertiary/aromatic N) is 1. The zero-order chi connectivity index (χ0) is 18.4. The molecule has 1 unspecified atom stereocenters. The molecule has 0 saturated heterocycles. The van der Waals surface area contributed by atoms with Crippen LogP contribution in [-0.4, -0.2) is 26.7 Å². The molecule has 1 aromatic rings. The number of non-ortho nitro benzene ring substituents is 1. The number of hydrogen-bond acceptors (Lipinski definition) is 4. The summed E-state index contributed by atoms with van der Waals surface area (Å²) in [5.74, 6) is -0.758. The third-order valence-electron chi connectivity index (χ3n) is 3.46. The summed E-state index contributed by atoms with van der Waals surface area (Å²) < 4.78 is 0. The molecule has 0 aromatic heterocycles. The number of nitro benzene ring substituents is 1. The Morgan fingerprint density at radius 1 is 1.17 bits per heavy atom. The second-order valence-corrected chi connectivity index (χ2v) is 7.36. The monoisotopic (exact) mass is 325 g/mol. The molecule has 0 saturated carbocycles. The number of nitro groups is 1. The maximum absolute atomic E-state index is 10.3. The highest BCUT2D eigenvalue weighted by Gasteiger charge is 2.30. The maximum atomic E-state index is 10.3. The van der Waals surface area contributed by atoms with Crippen LogP contribution in [0.3, 0.4) is 0 Å². The fourth-order valence-electron chi connectivity index (χ4n) is 2.00. The summed E-state index contributed by atoms with van der Waals surface area (Å²) in [6, 6.07) is 4.70. The molecule has 0 aliphatic carbocycles. The van der Waals surface area contributed by atoms with E-state index in [1.165, 1.54) is 12.1 Å². The molecule has 0 bridgehead atoms. The molecule has 1 rings (SSSR count). The van der Waals surface area contributed by atoms with E-state index < -0.39 is 16.5 Å². The first kappa shape index (κ1) is 21.0. The molecule has 6 heteroatoms. The van der Waals surface area contributed by atoms with Crippen LogP contribution in [0.1, 0.15) is 58.3 Å². The van der Waals surface area contributed by atoms with Gasteiger partial charge in [-0.25, -0.2) is 4.79 Å². The van der Waals surface area contributed by atoms with Gasteiger partial charge in [-0.3, -0.25) is 10.1 Å². The largest absolute Gasteiger partial charge is 0.478 e. The van der Waals surface area contributed by atoms with Gasteiger partial charge in [-0.05, 0) is 36.8 Å². The van der Waals surface area contributed by atoms with Crippen molar-refractivity contribution in [1.82, 2.24) is 0 Å². The minimum Gasteiger partial charge on any atom is -0.478 e. The Morgan fingerprint density at radius 2 is 1.61 bits per heavy atom. The summed E-state index contributed by atoms with van der Waals surface area (Å²) in [5, 5.41) is 28.5. The Hall–Kier alpha value is -1.95. The first-order valence-electron chi connectivity index (χ1n) is 7.46. The number of aliphatic hydroxyl groups is 1. The average Bonchev–Trinajstić information content (AvgIpc) is 2.36. The molecule has 0 fully saturated rings. The fraction of sp³-hybridized carbons (Fsp3) is 0.588. The SMILES string of the molecule is CC(C)C(C)(O)CC(C)(C)C.O=C(O)c1ccc([N+](=O)[O-])cc1. The normalized spacial score (nSPS) is 13.7. The van der Waals surface area contributed by atoms with Crippen molar-refractivity contribution in [2.75, 3.05) is 0 Å². The lowest BCUT2D eigenvalue weighted by Gasteiger charge is -2.34. The highest BCUT2D eigenvalue weighted by molar-refractivity contribution is 5.87. The molecule has 0 aliphatic rings. The molecule has 130 valence electrons. The summed E-state index contributed by atoms with van der Waals surface area (Å²) in [4.78, 5) is 19.9. The molecule has 2 N–H and O–H groups in total. The van der Waals surface area contributed by atoms with Gasteiger partial charge in [0.2, 0.25) is 0 Å². The first-order valence-corrected chi connectivity index (χ1v) is 7.46. The van der Waals surface area contributed by atoms with Gasteiger partial charge in [-0.15, -0.1) is 0 Å². The quantitative estimate of drug-likeness (QED) is 0.640. The minimum absolute atomic E-state index is 0.0422. The van der Waals surface area contributed by atoms with Crippen LogP contribution in [0.2, 0.25) is 0 Å². The van der Waals surface area contributed by atoms with Crippen molar-refractivity contribution in [2.24, 2.45) is 11.3 Å². The van der Waals surface area contributed by atoms with Crippen LogP contribution in [0.5, 0.6) is 0 Å². The predicted octanol–water partition coefficient (Wildman–Crippen LogP) is 4.12. The maximum Gasteiger partial charge on any atom is 0.335 e. The van der Waals surface area contributed by atoms with E-state index in [1.54, 1.807) is 0 Å². The summed E-state index contributed by atoms with van der Waals surface area (Å²) in [7, 11) is 0. The Bertz CT molecular complexity index is 494. The third-order valence-corrected chi connectivity index (χ3v) is 3.46. The van der Waals surface area contributed by atoms with Crippen LogP contribution in [-0.2, 0) is 0 Å². The van der Waals surface area contributed by atoms with Crippen LogP contribution in [0.25, 0.3) is 0 Å². The lowest BCUT2D eigenvalue weighted by atomic mass is 9.77. The second-order valence-electron chi connectivity index (χ2n) is 7.36. The average molecular weight is 325 g/mol. The third kappa shape index (κ3) is 8.30. The van der Waals surface area contributed by atoms with Crippen LogP contribution in [0, 0.1) is 21.4 Å². The number of benzene rings is 1. The fourth-order valence-corrected chi connectivity index (χ4v) is 2.00. The Labute approximate surface area is 137 Å². The topological polar surface area (TPSA) is 101 Å². The van der Waals surface area contributed by atoms with Crippen molar-refractivity contribution >= 4 is 11.7 Å². The molecule has 1 atom stereocenters. The van der Waals surface area contributed by atoms with E-state index in [0.29, 0.717) is 5.92 Å². The van der Waals surface area contributed by atoms with Gasteiger partial charge >= 0.3 is 5.97 Å². The zero-order valence-corrected chi connectivity index (χ0v) is 14.7. The molecule has 0 radical (unpaired) electrons. The summed E-state index contributed by atoms with van der Waals surface area (Å²) >= 11 is 0. The Balaban J connectivity index is 0.000000423. The highest BCUT2D eigenvalue weighted by atomic mass is 16.6. The van der Waals surface area contributed by atoms with Gasteiger partial charge in [0.25, 0.3) is 5.69 Å². The van der Waals surface area contributed by atoms with Gasteiger partial charge < -0.3 is 10.2 Å². The first-order chi connectivity index (χ1) is 10.3. The standard InChI is InChI=1S/C10H22O.C7H5NO4/c1-8(2)10(6,11)7-9(3,4)5;9-7(10)5-1-3-6(4-2-5)8(11)12/h8,11H,7H2,1-6H3;1-4H,(H,9,10). The van der Waals surface area contributed by atoms with E-state index in [2.05, 4.69) is 34.6 Å². The molecule has 0 amide bonds. The smallest absolute Gasteiger partial charge is 0.335 e. The van der Waals surface area contributed by atoms with E-state index in [-0.39, 0.29) is 16.7 Å². The molecular formula is C17H27NO5. The molecule has 0 heterocycles. The zero-order valence-electron chi connectivity index (χ0n) is 14.7. The van der Waals surface area contributed by atoms with Crippen molar-refractivity contribution in [2.45, 2.75) is 53.6 Å². The number of carbonyl (C=O) groups is 1. The van der Waals surface area contributed by atoms with Crippen molar-refractivity contribution in [3.8, 4) is 0 Å². The van der Waals surface area contributed by atoms with Gasteiger partial charge in [0.1, 0.15) is 0 Å². The predicted molar refractivity (Wildman–Crippen MR) is 89.6 cm³/mol. The number of rotatable bonds is 4. The van der Waals surface area contributed by atoms with Gasteiger partial charge in [0.15, 0.2) is 0 Å². The minimum atomic E-state index is -1.09. The van der Waals surface area contributed by atoms with Crippen molar-refractivity contribution in [3.05, 3.63) is 39.9 Å². The van der Waals surface area contributed by atoms with Gasteiger partial charge in [-0.2, -0.15) is 0 Å². The van der Waals surface area contributed by atoms with Crippen molar-refractivity contribution in [3.63, 3.8) is 0 Å². The molecule has 0 aliphatic heterocycles. The Morgan fingerprint density at radius 3 is 1.83 bits per heavy atom. The van der Waals surface area contributed by atoms with Crippen LogP contribution in [0.15, 0.2) is 24.3 Å². The number of hydrogen-bond donors (Lipinski definition) is 2. The lowest BCUT2D eigenvalue weighted by Crippen LogP contribution is -2.35. The number of carboxylic acids is 1. The molecule has 0 spiro atoms. The highest BCUT2D eigenvalue weighted by Crippen LogP contribution is 2.31. The van der Waals surface area contributed by atoms with E-state index in [1.807, 2.05) is 6.92 Å². The molecular weight excluding hydrogens is 298 g/mol. The van der Waals surface area contributed by atoms with Gasteiger partial charge in [0, 0.05) is 12.1 Å². The number of aromatic carboxylic acids is 1. The van der Waals surface area contributed by atoms with Crippen LogP contribution < -0.4 is 0 Å². The van der Waals surface area contributed by atoms with Crippen LogP contribution in [0.4, 0.5) is 5.69 Å². The summed E-state index contributed by atoms with van der Waals surface area (Å²) in [6.07, 6.45) is 0.859. The summed E-state index contributed by atoms with van der Waals surface area (Å²) in [6.45, 7) is 12.5. The van der Waals surface area contributed by atoms with E-state index in [9.17, 15) is 20.0 Å². The summed E-state index contributed by atoms with van der Waals surface area (Å²) in [5.41, 5.74) is -0.368. The van der Waals surface area contributed by atoms with E-state index in [0.717, 1.165) is 18.6 Å². The molecule has 1 aromatic carbocycles. The van der Waals surface area contributed by atoms with Gasteiger partial charge in [-0.1, -0.05) is 34.6 Å². The van der Waals surface area contributed by atoms with E-state index >= 15 is 0 Å². The lowest BCUT2D eigenvalue weighted by molar-refractivity contribution is -0.384. The second kappa shape index (κ2) is 8.06. The molecule has 23 heavy (non-hydrogen) atoms. The number of carboxylic acid groups (broad SMARTS) is 1. The Kier molecular flexibility index (Phi) is 7.37. The van der Waals surface area contributed by atoms with Crippen molar-refractivity contribution in [1.29, 1.82) is 0 Å². The van der Waals surface area contributed by atoms with E-state index in [4.69, 9.17) is 5.11 Å². The van der Waals surface area contributed by atoms with Gasteiger partial charge in [0.05, 0.1) is 16.1 Å². The van der Waals surface area contributed by atoms with Crippen LogP contribution >= 0.6 is 0 Å². The molecule has 6 nitrogen and oxygen atoms in total.